The van der Waals surface area contributed by atoms with Gasteiger partial charge in [-0.05, 0) is 50.8 Å². The fourth-order valence-electron chi connectivity index (χ4n) is 1.95. The monoisotopic (exact) mass is 381 g/mol. The summed E-state index contributed by atoms with van der Waals surface area (Å²) < 4.78 is 2.23. The number of nitrogen functional groups attached to an aromatic ring is 1. The number of hydrogen-bond acceptors (Lipinski definition) is 5. The summed E-state index contributed by atoms with van der Waals surface area (Å²) in [6.07, 6.45) is 1.78. The Balaban J connectivity index is 2.24. The summed E-state index contributed by atoms with van der Waals surface area (Å²) in [7, 11) is 0. The molecule has 6 heteroatoms. The van der Waals surface area contributed by atoms with Crippen molar-refractivity contribution in [1.29, 1.82) is 0 Å². The van der Waals surface area contributed by atoms with Crippen LogP contribution in [0.3, 0.4) is 0 Å². The lowest BCUT2D eigenvalue weighted by Gasteiger charge is -2.03. The number of halogens is 1. The second kappa shape index (κ2) is 4.86. The third kappa shape index (κ3) is 2.10. The minimum absolute atomic E-state index is 0.420. The molecule has 3 aromatic rings. The molecule has 1 aromatic carbocycles. The molecule has 0 saturated carbocycles. The van der Waals surface area contributed by atoms with E-state index in [0.29, 0.717) is 11.5 Å². The minimum atomic E-state index is 0.420. The molecule has 0 aliphatic heterocycles. The molecule has 0 bridgehead atoms. The predicted octanol–water partition coefficient (Wildman–Crippen LogP) is 4.55. The first-order chi connectivity index (χ1) is 9.20. The number of pyridine rings is 1. The molecular weight excluding hydrogens is 373 g/mol. The van der Waals surface area contributed by atoms with Gasteiger partial charge >= 0.3 is 0 Å². The summed E-state index contributed by atoms with van der Waals surface area (Å²) in [5.74, 6) is 0.532. The third-order valence-corrected chi connectivity index (χ3v) is 5.06. The van der Waals surface area contributed by atoms with Gasteiger partial charge in [-0.3, -0.25) is 0 Å². The Hall–Kier alpha value is -1.54. The molecule has 2 heterocycles. The maximum absolute atomic E-state index is 10.4. The Bertz CT molecular complexity index is 767. The Morgan fingerprint density at radius 3 is 2.68 bits per heavy atom. The number of thiophene rings is 1. The number of benzene rings is 1. The number of aromatic nitrogens is 1. The first-order valence-corrected chi connectivity index (χ1v) is 7.41. The summed E-state index contributed by atoms with van der Waals surface area (Å²) in [4.78, 5) is 14.6. The molecular formula is C13H8IN3OS. The molecule has 0 spiro atoms. The van der Waals surface area contributed by atoms with E-state index in [9.17, 15) is 4.91 Å². The molecule has 0 aliphatic rings. The zero-order valence-corrected chi connectivity index (χ0v) is 12.6. The Morgan fingerprint density at radius 1 is 1.26 bits per heavy atom. The van der Waals surface area contributed by atoms with Crippen molar-refractivity contribution in [1.82, 2.24) is 4.98 Å². The molecule has 0 fully saturated rings. The van der Waals surface area contributed by atoms with Gasteiger partial charge in [0.2, 0.25) is 0 Å². The molecule has 2 N–H and O–H groups in total. The fraction of sp³-hybridized carbons (Fsp3) is 0. The molecule has 94 valence electrons. The van der Waals surface area contributed by atoms with Crippen LogP contribution in [-0.4, -0.2) is 4.98 Å². The number of hydrogen-bond donors (Lipinski definition) is 1. The summed E-state index contributed by atoms with van der Waals surface area (Å²) in [5.41, 5.74) is 8.46. The van der Waals surface area contributed by atoms with Crippen LogP contribution in [-0.2, 0) is 0 Å². The number of rotatable bonds is 2. The fourth-order valence-corrected chi connectivity index (χ4v) is 3.73. The Kier molecular flexibility index (Phi) is 3.19. The van der Waals surface area contributed by atoms with Crippen LogP contribution in [0.15, 0.2) is 41.0 Å². The molecule has 0 saturated heterocycles. The van der Waals surface area contributed by atoms with Gasteiger partial charge < -0.3 is 5.73 Å². The van der Waals surface area contributed by atoms with Crippen LogP contribution in [0.1, 0.15) is 0 Å². The highest BCUT2D eigenvalue weighted by Gasteiger charge is 2.12. The highest BCUT2D eigenvalue weighted by Crippen LogP contribution is 2.39. The average Bonchev–Trinajstić information content (AvgIpc) is 2.89. The quantitative estimate of drug-likeness (QED) is 0.523. The molecule has 0 amide bonds. The third-order valence-electron chi connectivity index (χ3n) is 2.86. The van der Waals surface area contributed by atoms with Crippen molar-refractivity contribution in [3.8, 4) is 11.1 Å². The molecule has 3 rings (SSSR count). The standard InChI is InChI=1S/C13H8IN3OS/c14-10-5-16-13(15)11-9(6-19-12(10)11)7-1-3-8(17-18)4-2-7/h1-6H,(H2,15,16). The SMILES string of the molecule is Nc1ncc(I)c2scc(-c3ccc(N=O)cc3)c12. The highest BCUT2D eigenvalue weighted by atomic mass is 127. The number of nitrogens with two attached hydrogens (primary N) is 1. The van der Waals surface area contributed by atoms with Crippen LogP contribution in [0, 0.1) is 8.48 Å². The van der Waals surface area contributed by atoms with E-state index < -0.39 is 0 Å². The van der Waals surface area contributed by atoms with E-state index in [1.54, 1.807) is 29.7 Å². The van der Waals surface area contributed by atoms with Crippen molar-refractivity contribution in [2.24, 2.45) is 5.18 Å². The van der Waals surface area contributed by atoms with Gasteiger partial charge in [0.1, 0.15) is 11.5 Å². The van der Waals surface area contributed by atoms with Gasteiger partial charge in [-0.1, -0.05) is 12.1 Å². The van der Waals surface area contributed by atoms with E-state index in [2.05, 4.69) is 38.1 Å². The van der Waals surface area contributed by atoms with Crippen LogP contribution in [0.25, 0.3) is 21.2 Å². The summed E-state index contributed by atoms with van der Waals surface area (Å²) in [6, 6.07) is 7.14. The zero-order valence-electron chi connectivity index (χ0n) is 9.63. The number of nitroso groups, excluding NO2 is 1. The minimum Gasteiger partial charge on any atom is -0.383 e. The van der Waals surface area contributed by atoms with Gasteiger partial charge in [-0.15, -0.1) is 16.2 Å². The van der Waals surface area contributed by atoms with Gasteiger partial charge in [0.25, 0.3) is 0 Å². The van der Waals surface area contributed by atoms with E-state index >= 15 is 0 Å². The second-order valence-electron chi connectivity index (χ2n) is 3.98. The van der Waals surface area contributed by atoms with E-state index in [-0.39, 0.29) is 0 Å². The van der Waals surface area contributed by atoms with Crippen molar-refractivity contribution < 1.29 is 0 Å². The number of fused-ring (bicyclic) bond motifs is 1. The molecule has 0 atom stereocenters. The number of nitrogens with zero attached hydrogens (tertiary/aromatic N) is 2. The van der Waals surface area contributed by atoms with E-state index in [4.69, 9.17) is 5.73 Å². The van der Waals surface area contributed by atoms with Crippen molar-refractivity contribution >= 4 is 55.5 Å². The zero-order chi connectivity index (χ0) is 13.4. The molecule has 0 radical (unpaired) electrons. The van der Waals surface area contributed by atoms with Crippen LogP contribution in [0.2, 0.25) is 0 Å². The molecule has 0 aliphatic carbocycles. The van der Waals surface area contributed by atoms with Crippen LogP contribution >= 0.6 is 33.9 Å². The predicted molar refractivity (Wildman–Crippen MR) is 87.6 cm³/mol. The average molecular weight is 381 g/mol. The van der Waals surface area contributed by atoms with Crippen LogP contribution in [0.4, 0.5) is 11.5 Å². The largest absolute Gasteiger partial charge is 0.383 e. The normalized spacial score (nSPS) is 10.8. The topological polar surface area (TPSA) is 68.3 Å². The van der Waals surface area contributed by atoms with Gasteiger partial charge in [-0.25, -0.2) is 4.98 Å². The van der Waals surface area contributed by atoms with Crippen molar-refractivity contribution in [3.63, 3.8) is 0 Å². The van der Waals surface area contributed by atoms with Crippen LogP contribution in [0.5, 0.6) is 0 Å². The maximum atomic E-state index is 10.4. The van der Waals surface area contributed by atoms with Gasteiger partial charge in [0.05, 0.1) is 4.70 Å². The first-order valence-electron chi connectivity index (χ1n) is 5.45. The smallest absolute Gasteiger partial charge is 0.132 e. The molecule has 0 unspecified atom stereocenters. The van der Waals surface area contributed by atoms with Crippen molar-refractivity contribution in [3.05, 3.63) is 44.3 Å². The molecule has 4 nitrogen and oxygen atoms in total. The highest BCUT2D eigenvalue weighted by molar-refractivity contribution is 14.1. The Labute approximate surface area is 126 Å². The molecule has 19 heavy (non-hydrogen) atoms. The second-order valence-corrected chi connectivity index (χ2v) is 6.02. The van der Waals surface area contributed by atoms with E-state index in [1.165, 1.54) is 0 Å². The van der Waals surface area contributed by atoms with Crippen molar-refractivity contribution in [2.75, 3.05) is 5.73 Å². The number of anilines is 1. The lowest BCUT2D eigenvalue weighted by molar-refractivity contribution is 1.36. The lowest BCUT2D eigenvalue weighted by atomic mass is 10.1. The van der Waals surface area contributed by atoms with E-state index in [1.807, 2.05) is 12.1 Å². The summed E-state index contributed by atoms with van der Waals surface area (Å²) in [6.45, 7) is 0. The summed E-state index contributed by atoms with van der Waals surface area (Å²) >= 11 is 3.90. The van der Waals surface area contributed by atoms with Gasteiger partial charge in [0, 0.05) is 20.7 Å². The molecule has 2 aromatic heterocycles. The maximum Gasteiger partial charge on any atom is 0.132 e. The summed E-state index contributed by atoms with van der Waals surface area (Å²) in [5, 5.41) is 5.94. The van der Waals surface area contributed by atoms with Crippen LogP contribution < -0.4 is 5.73 Å². The Morgan fingerprint density at radius 2 is 2.00 bits per heavy atom. The van der Waals surface area contributed by atoms with Crippen molar-refractivity contribution in [2.45, 2.75) is 0 Å². The first kappa shape index (κ1) is 12.5. The van der Waals surface area contributed by atoms with Gasteiger partial charge in [0.15, 0.2) is 0 Å². The van der Waals surface area contributed by atoms with Gasteiger partial charge in [-0.2, -0.15) is 0 Å². The van der Waals surface area contributed by atoms with E-state index in [0.717, 1.165) is 24.8 Å². The lowest BCUT2D eigenvalue weighted by Crippen LogP contribution is -1.91.